The van der Waals surface area contributed by atoms with Gasteiger partial charge in [-0.3, -0.25) is 4.98 Å². The van der Waals surface area contributed by atoms with Crippen LogP contribution in [0.5, 0.6) is 0 Å². The molecule has 0 saturated heterocycles. The normalized spacial score (nSPS) is 21.9. The highest BCUT2D eigenvalue weighted by Gasteiger charge is 2.24. The second-order valence-electron chi connectivity index (χ2n) is 4.88. The Bertz CT molecular complexity index is 490. The number of nitrogens with one attached hydrogen (secondary N) is 2. The molecule has 2 amide bonds. The Morgan fingerprint density at radius 1 is 1.37 bits per heavy atom. The number of carboxylic acids is 1. The number of pyridine rings is 1. The Morgan fingerprint density at radius 2 is 2.16 bits per heavy atom. The van der Waals surface area contributed by atoms with Crippen LogP contribution in [0.25, 0.3) is 0 Å². The maximum Gasteiger partial charge on any atom is 0.337 e. The van der Waals surface area contributed by atoms with E-state index in [-0.39, 0.29) is 17.6 Å². The maximum atomic E-state index is 11.8. The van der Waals surface area contributed by atoms with Crippen molar-refractivity contribution in [2.24, 2.45) is 5.92 Å². The first kappa shape index (κ1) is 13.3. The fraction of sp³-hybridized carbons (Fsp3) is 0.462. The lowest BCUT2D eigenvalue weighted by Gasteiger charge is -2.17. The van der Waals surface area contributed by atoms with E-state index in [9.17, 15) is 9.59 Å². The first-order chi connectivity index (χ1) is 9.06. The number of anilines is 1. The van der Waals surface area contributed by atoms with Crippen LogP contribution in [-0.2, 0) is 0 Å². The number of rotatable bonds is 3. The van der Waals surface area contributed by atoms with Gasteiger partial charge >= 0.3 is 12.0 Å². The van der Waals surface area contributed by atoms with Crippen LogP contribution in [0.15, 0.2) is 18.5 Å². The summed E-state index contributed by atoms with van der Waals surface area (Å²) in [6.45, 7) is 2.12. The molecule has 0 bridgehead atoms. The van der Waals surface area contributed by atoms with Gasteiger partial charge in [-0.2, -0.15) is 0 Å². The molecule has 1 saturated carbocycles. The molecule has 3 N–H and O–H groups in total. The average Bonchev–Trinajstić information content (AvgIpc) is 2.75. The van der Waals surface area contributed by atoms with Crippen molar-refractivity contribution in [3.05, 3.63) is 24.0 Å². The van der Waals surface area contributed by atoms with Gasteiger partial charge in [-0.15, -0.1) is 0 Å². The topological polar surface area (TPSA) is 91.3 Å². The summed E-state index contributed by atoms with van der Waals surface area (Å²) >= 11 is 0. The van der Waals surface area contributed by atoms with E-state index in [1.165, 1.54) is 18.5 Å². The zero-order chi connectivity index (χ0) is 13.8. The van der Waals surface area contributed by atoms with Crippen molar-refractivity contribution in [3.8, 4) is 0 Å². The molecule has 2 rings (SSSR count). The van der Waals surface area contributed by atoms with Crippen molar-refractivity contribution in [1.82, 2.24) is 10.3 Å². The van der Waals surface area contributed by atoms with Crippen LogP contribution in [0, 0.1) is 5.92 Å². The van der Waals surface area contributed by atoms with Crippen molar-refractivity contribution in [1.29, 1.82) is 0 Å². The third-order valence-electron chi connectivity index (χ3n) is 3.42. The number of carbonyl (C=O) groups is 2. The Hall–Kier alpha value is -2.11. The number of carbonyl (C=O) groups excluding carboxylic acids is 1. The van der Waals surface area contributed by atoms with E-state index in [2.05, 4.69) is 22.5 Å². The second kappa shape index (κ2) is 5.69. The number of aromatic nitrogens is 1. The zero-order valence-electron chi connectivity index (χ0n) is 10.7. The van der Waals surface area contributed by atoms with E-state index in [0.717, 1.165) is 19.3 Å². The van der Waals surface area contributed by atoms with Gasteiger partial charge in [-0.1, -0.05) is 13.3 Å². The molecule has 0 aliphatic heterocycles. The highest BCUT2D eigenvalue weighted by atomic mass is 16.4. The van der Waals surface area contributed by atoms with Gasteiger partial charge in [0.25, 0.3) is 0 Å². The maximum absolute atomic E-state index is 11.8. The van der Waals surface area contributed by atoms with Crippen molar-refractivity contribution >= 4 is 17.7 Å². The molecule has 19 heavy (non-hydrogen) atoms. The number of aromatic carboxylic acids is 1. The Morgan fingerprint density at radius 3 is 2.79 bits per heavy atom. The van der Waals surface area contributed by atoms with Crippen LogP contribution in [0.2, 0.25) is 0 Å². The third kappa shape index (κ3) is 3.43. The van der Waals surface area contributed by atoms with Crippen LogP contribution < -0.4 is 10.6 Å². The number of amides is 2. The van der Waals surface area contributed by atoms with Crippen molar-refractivity contribution in [2.75, 3.05) is 5.32 Å². The summed E-state index contributed by atoms with van der Waals surface area (Å²) in [5, 5.41) is 14.3. The second-order valence-corrected chi connectivity index (χ2v) is 4.88. The lowest BCUT2D eigenvalue weighted by molar-refractivity contribution is 0.0696. The third-order valence-corrected chi connectivity index (χ3v) is 3.42. The molecule has 2 unspecified atom stereocenters. The lowest BCUT2D eigenvalue weighted by atomic mass is 10.1. The smallest absolute Gasteiger partial charge is 0.337 e. The summed E-state index contributed by atoms with van der Waals surface area (Å²) in [6, 6.07) is 1.26. The van der Waals surface area contributed by atoms with Crippen LogP contribution in [0.3, 0.4) is 0 Å². The summed E-state index contributed by atoms with van der Waals surface area (Å²) in [6.07, 6.45) is 5.90. The molecule has 1 fully saturated rings. The summed E-state index contributed by atoms with van der Waals surface area (Å²) in [5.74, 6) is -0.588. The average molecular weight is 263 g/mol. The van der Waals surface area contributed by atoms with Crippen molar-refractivity contribution in [3.63, 3.8) is 0 Å². The van der Waals surface area contributed by atoms with Gasteiger partial charge in [-0.25, -0.2) is 9.59 Å². The van der Waals surface area contributed by atoms with Crippen LogP contribution in [0.4, 0.5) is 10.5 Å². The number of hydrogen-bond acceptors (Lipinski definition) is 3. The number of urea groups is 1. The molecule has 0 radical (unpaired) electrons. The molecule has 0 spiro atoms. The largest absolute Gasteiger partial charge is 0.478 e. The van der Waals surface area contributed by atoms with E-state index in [1.54, 1.807) is 0 Å². The minimum Gasteiger partial charge on any atom is -0.478 e. The first-order valence-corrected chi connectivity index (χ1v) is 6.32. The molecule has 1 aliphatic carbocycles. The molecule has 102 valence electrons. The van der Waals surface area contributed by atoms with Crippen LogP contribution in [0.1, 0.15) is 36.5 Å². The van der Waals surface area contributed by atoms with E-state index >= 15 is 0 Å². The van der Waals surface area contributed by atoms with Gasteiger partial charge in [0.1, 0.15) is 0 Å². The van der Waals surface area contributed by atoms with E-state index in [0.29, 0.717) is 11.6 Å². The molecule has 1 aromatic heterocycles. The van der Waals surface area contributed by atoms with Crippen molar-refractivity contribution in [2.45, 2.75) is 32.2 Å². The molecular weight excluding hydrogens is 246 g/mol. The van der Waals surface area contributed by atoms with Gasteiger partial charge < -0.3 is 15.7 Å². The summed E-state index contributed by atoms with van der Waals surface area (Å²) < 4.78 is 0. The fourth-order valence-electron chi connectivity index (χ4n) is 2.32. The van der Waals surface area contributed by atoms with Gasteiger partial charge in [-0.05, 0) is 24.8 Å². The molecule has 0 aromatic carbocycles. The predicted molar refractivity (Wildman–Crippen MR) is 70.2 cm³/mol. The molecule has 6 heteroatoms. The molecule has 1 aliphatic rings. The van der Waals surface area contributed by atoms with Crippen LogP contribution >= 0.6 is 0 Å². The van der Waals surface area contributed by atoms with Gasteiger partial charge in [0.2, 0.25) is 0 Å². The standard InChI is InChI=1S/C13H17N3O3/c1-8-3-2-4-11(8)16-13(19)15-10-5-9(12(17)18)6-14-7-10/h5-8,11H,2-4H2,1H3,(H,17,18)(H2,15,16,19). The summed E-state index contributed by atoms with van der Waals surface area (Å²) in [5.41, 5.74) is 0.426. The van der Waals surface area contributed by atoms with Crippen LogP contribution in [-0.4, -0.2) is 28.1 Å². The van der Waals surface area contributed by atoms with Crippen molar-refractivity contribution < 1.29 is 14.7 Å². The summed E-state index contributed by atoms with van der Waals surface area (Å²) in [7, 11) is 0. The highest BCUT2D eigenvalue weighted by molar-refractivity contribution is 5.92. The van der Waals surface area contributed by atoms with Gasteiger partial charge in [0.15, 0.2) is 0 Å². The van der Waals surface area contributed by atoms with E-state index < -0.39 is 5.97 Å². The molecule has 6 nitrogen and oxygen atoms in total. The number of nitrogens with zero attached hydrogens (tertiary/aromatic N) is 1. The van der Waals surface area contributed by atoms with E-state index in [1.807, 2.05) is 0 Å². The Balaban J connectivity index is 1.95. The van der Waals surface area contributed by atoms with Gasteiger partial charge in [0.05, 0.1) is 17.4 Å². The molecule has 2 atom stereocenters. The highest BCUT2D eigenvalue weighted by Crippen LogP contribution is 2.24. The fourth-order valence-corrected chi connectivity index (χ4v) is 2.32. The summed E-state index contributed by atoms with van der Waals surface area (Å²) in [4.78, 5) is 26.4. The monoisotopic (exact) mass is 263 g/mol. The Labute approximate surface area is 111 Å². The predicted octanol–water partition coefficient (Wildman–Crippen LogP) is 2.09. The number of hydrogen-bond donors (Lipinski definition) is 3. The first-order valence-electron chi connectivity index (χ1n) is 6.32. The molecule has 1 heterocycles. The minimum absolute atomic E-state index is 0.0482. The van der Waals surface area contributed by atoms with Gasteiger partial charge in [0, 0.05) is 12.2 Å². The zero-order valence-corrected chi connectivity index (χ0v) is 10.7. The minimum atomic E-state index is -1.07. The lowest BCUT2D eigenvalue weighted by Crippen LogP contribution is -2.39. The Kier molecular flexibility index (Phi) is 3.99. The SMILES string of the molecule is CC1CCCC1NC(=O)Nc1cncc(C(=O)O)c1. The van der Waals surface area contributed by atoms with E-state index in [4.69, 9.17) is 5.11 Å². The quantitative estimate of drug-likeness (QED) is 0.778. The molecular formula is C13H17N3O3. The molecule has 1 aromatic rings. The number of carboxylic acid groups (broad SMARTS) is 1.